The fraction of sp³-hybridized carbons (Fsp3) is 0.632. The Balaban J connectivity index is 1.45. The average molecular weight is 316 g/mol. The number of hydrogen-bond acceptors (Lipinski definition) is 3. The van der Waals surface area contributed by atoms with Crippen molar-refractivity contribution >= 4 is 5.91 Å². The van der Waals surface area contributed by atoms with Crippen molar-refractivity contribution in [3.8, 4) is 0 Å². The van der Waals surface area contributed by atoms with E-state index in [0.29, 0.717) is 13.0 Å². The van der Waals surface area contributed by atoms with Gasteiger partial charge in [0.25, 0.3) is 0 Å². The molecule has 1 aromatic carbocycles. The lowest BCUT2D eigenvalue weighted by atomic mass is 9.96. The molecular formula is C19H28N2O2. The first-order valence-electron chi connectivity index (χ1n) is 8.94. The van der Waals surface area contributed by atoms with Gasteiger partial charge in [0.1, 0.15) is 0 Å². The fourth-order valence-electron chi connectivity index (χ4n) is 3.76. The highest BCUT2D eigenvalue weighted by molar-refractivity contribution is 5.78. The summed E-state index contributed by atoms with van der Waals surface area (Å²) in [5.41, 5.74) is 4.32. The molecule has 2 atom stereocenters. The molecule has 0 spiro atoms. The number of nitrogens with one attached hydrogen (secondary N) is 1. The molecule has 23 heavy (non-hydrogen) atoms. The fourth-order valence-corrected chi connectivity index (χ4v) is 3.76. The summed E-state index contributed by atoms with van der Waals surface area (Å²) in [6.45, 7) is 5.85. The number of aliphatic hydroxyl groups excluding tert-OH is 1. The highest BCUT2D eigenvalue weighted by Crippen LogP contribution is 2.25. The third-order valence-electron chi connectivity index (χ3n) is 5.27. The molecule has 1 fully saturated rings. The second-order valence-corrected chi connectivity index (χ2v) is 6.94. The average Bonchev–Trinajstić information content (AvgIpc) is 3.00. The second kappa shape index (κ2) is 7.45. The van der Waals surface area contributed by atoms with Crippen molar-refractivity contribution in [3.05, 3.63) is 34.9 Å². The summed E-state index contributed by atoms with van der Waals surface area (Å²) in [6, 6.07) is 6.85. The summed E-state index contributed by atoms with van der Waals surface area (Å²) in [5, 5.41) is 12.6. The first kappa shape index (κ1) is 16.5. The molecule has 4 heteroatoms. The van der Waals surface area contributed by atoms with Crippen molar-refractivity contribution in [2.24, 2.45) is 5.92 Å². The molecule has 1 amide bonds. The first-order valence-corrected chi connectivity index (χ1v) is 8.94. The highest BCUT2D eigenvalue weighted by Gasteiger charge is 2.28. The van der Waals surface area contributed by atoms with Crippen LogP contribution < -0.4 is 5.32 Å². The SMILES string of the molecule is CCc1ccc2c(c1)CN(CCNC(=O)C1CCC(O)C1)CC2. The Labute approximate surface area is 138 Å². The first-order chi connectivity index (χ1) is 11.2. The van der Waals surface area contributed by atoms with E-state index in [1.54, 1.807) is 0 Å². The summed E-state index contributed by atoms with van der Waals surface area (Å²) in [5.74, 6) is 0.131. The van der Waals surface area contributed by atoms with Gasteiger partial charge in [0.15, 0.2) is 0 Å². The number of carbonyl (C=O) groups excluding carboxylic acids is 1. The van der Waals surface area contributed by atoms with Gasteiger partial charge in [-0.2, -0.15) is 0 Å². The zero-order chi connectivity index (χ0) is 16.2. The zero-order valence-electron chi connectivity index (χ0n) is 14.1. The van der Waals surface area contributed by atoms with Gasteiger partial charge in [0, 0.05) is 32.1 Å². The van der Waals surface area contributed by atoms with Crippen LogP contribution in [-0.2, 0) is 24.2 Å². The Morgan fingerprint density at radius 1 is 1.35 bits per heavy atom. The molecule has 0 aromatic heterocycles. The van der Waals surface area contributed by atoms with Gasteiger partial charge in [-0.1, -0.05) is 25.1 Å². The van der Waals surface area contributed by atoms with E-state index in [9.17, 15) is 9.90 Å². The Kier molecular flexibility index (Phi) is 5.34. The molecule has 0 saturated heterocycles. The molecule has 1 aromatic rings. The van der Waals surface area contributed by atoms with Crippen molar-refractivity contribution < 1.29 is 9.90 Å². The van der Waals surface area contributed by atoms with Gasteiger partial charge in [0.2, 0.25) is 5.91 Å². The summed E-state index contributed by atoms with van der Waals surface area (Å²) in [7, 11) is 0. The molecule has 2 aliphatic rings. The molecule has 2 unspecified atom stereocenters. The van der Waals surface area contributed by atoms with Crippen LogP contribution in [0.4, 0.5) is 0 Å². The van der Waals surface area contributed by atoms with Crippen LogP contribution in [0.3, 0.4) is 0 Å². The van der Waals surface area contributed by atoms with Crippen molar-refractivity contribution in [2.75, 3.05) is 19.6 Å². The van der Waals surface area contributed by atoms with Gasteiger partial charge in [-0.05, 0) is 48.8 Å². The van der Waals surface area contributed by atoms with Crippen LogP contribution in [0.2, 0.25) is 0 Å². The number of aliphatic hydroxyl groups is 1. The Bertz CT molecular complexity index is 558. The van der Waals surface area contributed by atoms with E-state index in [1.165, 1.54) is 16.7 Å². The number of benzene rings is 1. The molecule has 1 saturated carbocycles. The van der Waals surface area contributed by atoms with Gasteiger partial charge in [-0.15, -0.1) is 0 Å². The van der Waals surface area contributed by atoms with Crippen LogP contribution in [0.5, 0.6) is 0 Å². The van der Waals surface area contributed by atoms with Crippen LogP contribution >= 0.6 is 0 Å². The second-order valence-electron chi connectivity index (χ2n) is 6.94. The zero-order valence-corrected chi connectivity index (χ0v) is 14.1. The van der Waals surface area contributed by atoms with Crippen LogP contribution in [-0.4, -0.2) is 41.7 Å². The van der Waals surface area contributed by atoms with Gasteiger partial charge in [0.05, 0.1) is 6.10 Å². The minimum Gasteiger partial charge on any atom is -0.393 e. The van der Waals surface area contributed by atoms with Gasteiger partial charge >= 0.3 is 0 Å². The summed E-state index contributed by atoms with van der Waals surface area (Å²) >= 11 is 0. The van der Waals surface area contributed by atoms with Gasteiger partial charge < -0.3 is 10.4 Å². The summed E-state index contributed by atoms with van der Waals surface area (Å²) in [4.78, 5) is 14.5. The van der Waals surface area contributed by atoms with E-state index in [2.05, 4.69) is 35.3 Å². The number of carbonyl (C=O) groups is 1. The highest BCUT2D eigenvalue weighted by atomic mass is 16.3. The minimum absolute atomic E-state index is 0.0131. The van der Waals surface area contributed by atoms with E-state index in [-0.39, 0.29) is 17.9 Å². The normalized spacial score (nSPS) is 24.4. The van der Waals surface area contributed by atoms with E-state index < -0.39 is 0 Å². The third-order valence-corrected chi connectivity index (χ3v) is 5.27. The van der Waals surface area contributed by atoms with Crippen molar-refractivity contribution in [3.63, 3.8) is 0 Å². The summed E-state index contributed by atoms with van der Waals surface area (Å²) < 4.78 is 0. The lowest BCUT2D eigenvalue weighted by molar-refractivity contribution is -0.125. The number of amides is 1. The number of nitrogens with zero attached hydrogens (tertiary/aromatic N) is 1. The lowest BCUT2D eigenvalue weighted by Crippen LogP contribution is -2.39. The number of aryl methyl sites for hydroxylation is 1. The molecule has 126 valence electrons. The van der Waals surface area contributed by atoms with Gasteiger partial charge in [-0.3, -0.25) is 9.69 Å². The third kappa shape index (κ3) is 4.12. The quantitative estimate of drug-likeness (QED) is 0.872. The maximum absolute atomic E-state index is 12.1. The van der Waals surface area contributed by atoms with Crippen molar-refractivity contribution in [2.45, 2.75) is 51.7 Å². The topological polar surface area (TPSA) is 52.6 Å². The monoisotopic (exact) mass is 316 g/mol. The van der Waals surface area contributed by atoms with Crippen molar-refractivity contribution in [1.29, 1.82) is 0 Å². The van der Waals surface area contributed by atoms with Crippen molar-refractivity contribution in [1.82, 2.24) is 10.2 Å². The lowest BCUT2D eigenvalue weighted by Gasteiger charge is -2.29. The largest absolute Gasteiger partial charge is 0.393 e. The van der Waals surface area contributed by atoms with E-state index in [4.69, 9.17) is 0 Å². The standard InChI is InChI=1S/C19H28N2O2/c1-2-14-3-4-15-7-9-21(13-17(15)11-14)10-8-20-19(23)16-5-6-18(22)12-16/h3-4,11,16,18,22H,2,5-10,12-13H2,1H3,(H,20,23). The Morgan fingerprint density at radius 2 is 2.22 bits per heavy atom. The van der Waals surface area contributed by atoms with E-state index in [1.807, 2.05) is 0 Å². The Morgan fingerprint density at radius 3 is 2.96 bits per heavy atom. The molecule has 1 heterocycles. The number of hydrogen-bond donors (Lipinski definition) is 2. The molecule has 3 rings (SSSR count). The smallest absolute Gasteiger partial charge is 0.223 e. The maximum atomic E-state index is 12.1. The van der Waals surface area contributed by atoms with Crippen LogP contribution in [0.25, 0.3) is 0 Å². The Hall–Kier alpha value is -1.39. The van der Waals surface area contributed by atoms with Crippen LogP contribution in [0.15, 0.2) is 18.2 Å². The molecule has 4 nitrogen and oxygen atoms in total. The minimum atomic E-state index is -0.280. The molecular weight excluding hydrogens is 288 g/mol. The van der Waals surface area contributed by atoms with Gasteiger partial charge in [-0.25, -0.2) is 0 Å². The van der Waals surface area contributed by atoms with E-state index in [0.717, 1.165) is 45.3 Å². The van der Waals surface area contributed by atoms with Crippen LogP contribution in [0.1, 0.15) is 42.9 Å². The number of rotatable bonds is 5. The predicted octanol–water partition coefficient (Wildman–Crippen LogP) is 1.88. The van der Waals surface area contributed by atoms with Crippen LogP contribution in [0, 0.1) is 5.92 Å². The summed E-state index contributed by atoms with van der Waals surface area (Å²) in [6.07, 6.45) is 4.11. The molecule has 1 aliphatic carbocycles. The molecule has 0 radical (unpaired) electrons. The molecule has 2 N–H and O–H groups in total. The molecule has 1 aliphatic heterocycles. The molecule has 0 bridgehead atoms. The number of fused-ring (bicyclic) bond motifs is 1. The van der Waals surface area contributed by atoms with E-state index >= 15 is 0 Å². The predicted molar refractivity (Wildman–Crippen MR) is 91.2 cm³/mol. The maximum Gasteiger partial charge on any atom is 0.223 e.